The molecule has 0 saturated heterocycles. The second-order valence-electron chi connectivity index (χ2n) is 4.08. The van der Waals surface area contributed by atoms with Gasteiger partial charge < -0.3 is 5.11 Å². The Bertz CT molecular complexity index is 144. The SMILES string of the molecule is CC[C@]12CC[C@H](C[C@H]1O)C2. The lowest BCUT2D eigenvalue weighted by atomic mass is 9.79. The van der Waals surface area contributed by atoms with Crippen molar-refractivity contribution in [3.8, 4) is 0 Å². The van der Waals surface area contributed by atoms with Crippen molar-refractivity contribution in [3.05, 3.63) is 0 Å². The topological polar surface area (TPSA) is 20.2 Å². The molecule has 1 nitrogen and oxygen atoms in total. The molecule has 0 radical (unpaired) electrons. The minimum Gasteiger partial charge on any atom is -0.393 e. The molecule has 10 heavy (non-hydrogen) atoms. The van der Waals surface area contributed by atoms with Crippen LogP contribution in [0.25, 0.3) is 0 Å². The van der Waals surface area contributed by atoms with Crippen LogP contribution in [0.2, 0.25) is 0 Å². The number of aliphatic hydroxyl groups excluding tert-OH is 1. The Hall–Kier alpha value is -0.0400. The molecular weight excluding hydrogens is 124 g/mol. The minimum absolute atomic E-state index is 0.0382. The van der Waals surface area contributed by atoms with Gasteiger partial charge in [-0.05, 0) is 43.4 Å². The molecule has 2 fully saturated rings. The molecule has 2 aliphatic rings. The highest BCUT2D eigenvalue weighted by atomic mass is 16.3. The zero-order valence-electron chi connectivity index (χ0n) is 6.64. The first-order valence-electron chi connectivity index (χ1n) is 4.45. The van der Waals surface area contributed by atoms with Crippen LogP contribution in [0.15, 0.2) is 0 Å². The van der Waals surface area contributed by atoms with E-state index in [-0.39, 0.29) is 6.10 Å². The molecule has 0 amide bonds. The normalized spacial score (nSPS) is 52.2. The monoisotopic (exact) mass is 140 g/mol. The predicted molar refractivity (Wildman–Crippen MR) is 40.7 cm³/mol. The summed E-state index contributed by atoms with van der Waals surface area (Å²) in [5.74, 6) is 0.870. The summed E-state index contributed by atoms with van der Waals surface area (Å²) in [5, 5.41) is 9.67. The molecule has 0 aromatic heterocycles. The molecule has 58 valence electrons. The van der Waals surface area contributed by atoms with Crippen LogP contribution in [0.5, 0.6) is 0 Å². The van der Waals surface area contributed by atoms with Crippen LogP contribution in [-0.4, -0.2) is 11.2 Å². The lowest BCUT2D eigenvalue weighted by Gasteiger charge is -2.30. The quantitative estimate of drug-likeness (QED) is 0.590. The Balaban J connectivity index is 2.19. The molecule has 0 aromatic rings. The highest BCUT2D eigenvalue weighted by Gasteiger charge is 2.49. The minimum atomic E-state index is 0.0382. The fourth-order valence-corrected chi connectivity index (χ4v) is 2.90. The van der Waals surface area contributed by atoms with Gasteiger partial charge in [-0.2, -0.15) is 0 Å². The number of hydrogen-bond acceptors (Lipinski definition) is 1. The summed E-state index contributed by atoms with van der Waals surface area (Å²) in [7, 11) is 0. The van der Waals surface area contributed by atoms with Crippen molar-refractivity contribution in [2.45, 2.75) is 45.1 Å². The Kier molecular flexibility index (Phi) is 1.31. The van der Waals surface area contributed by atoms with E-state index in [4.69, 9.17) is 0 Å². The van der Waals surface area contributed by atoms with Gasteiger partial charge in [-0.25, -0.2) is 0 Å². The van der Waals surface area contributed by atoms with Crippen molar-refractivity contribution >= 4 is 0 Å². The van der Waals surface area contributed by atoms with Crippen LogP contribution in [0.1, 0.15) is 39.0 Å². The molecule has 0 unspecified atom stereocenters. The summed E-state index contributed by atoms with van der Waals surface area (Å²) in [6.07, 6.45) is 6.29. The largest absolute Gasteiger partial charge is 0.393 e. The molecule has 0 heterocycles. The second-order valence-corrected chi connectivity index (χ2v) is 4.08. The summed E-state index contributed by atoms with van der Waals surface area (Å²) in [5.41, 5.74) is 0.366. The van der Waals surface area contributed by atoms with E-state index in [2.05, 4.69) is 6.92 Å². The summed E-state index contributed by atoms with van der Waals surface area (Å²) >= 11 is 0. The maximum atomic E-state index is 9.67. The van der Waals surface area contributed by atoms with Crippen molar-refractivity contribution in [2.75, 3.05) is 0 Å². The number of aliphatic hydroxyl groups is 1. The third-order valence-electron chi connectivity index (χ3n) is 3.71. The van der Waals surface area contributed by atoms with Gasteiger partial charge in [0, 0.05) is 0 Å². The van der Waals surface area contributed by atoms with E-state index in [0.717, 1.165) is 12.3 Å². The highest BCUT2D eigenvalue weighted by Crippen LogP contribution is 2.55. The van der Waals surface area contributed by atoms with Gasteiger partial charge in [-0.3, -0.25) is 0 Å². The Morgan fingerprint density at radius 3 is 2.70 bits per heavy atom. The van der Waals surface area contributed by atoms with Gasteiger partial charge >= 0.3 is 0 Å². The van der Waals surface area contributed by atoms with E-state index < -0.39 is 0 Å². The summed E-state index contributed by atoms with van der Waals surface area (Å²) in [6.45, 7) is 2.22. The smallest absolute Gasteiger partial charge is 0.0599 e. The Morgan fingerprint density at radius 2 is 2.40 bits per heavy atom. The molecular formula is C9H16O. The fraction of sp³-hybridized carbons (Fsp3) is 1.00. The van der Waals surface area contributed by atoms with Crippen LogP contribution in [-0.2, 0) is 0 Å². The van der Waals surface area contributed by atoms with Crippen molar-refractivity contribution in [3.63, 3.8) is 0 Å². The first-order chi connectivity index (χ1) is 4.77. The van der Waals surface area contributed by atoms with Crippen molar-refractivity contribution < 1.29 is 5.11 Å². The molecule has 1 heteroatoms. The average Bonchev–Trinajstić information content (AvgIpc) is 2.44. The van der Waals surface area contributed by atoms with Crippen LogP contribution in [0.3, 0.4) is 0 Å². The first-order valence-corrected chi connectivity index (χ1v) is 4.45. The summed E-state index contributed by atoms with van der Waals surface area (Å²) in [6, 6.07) is 0. The molecule has 0 aromatic carbocycles. The van der Waals surface area contributed by atoms with Crippen LogP contribution in [0.4, 0.5) is 0 Å². The van der Waals surface area contributed by atoms with E-state index in [9.17, 15) is 5.11 Å². The molecule has 2 saturated carbocycles. The average molecular weight is 140 g/mol. The molecule has 0 spiro atoms. The maximum absolute atomic E-state index is 9.67. The van der Waals surface area contributed by atoms with E-state index >= 15 is 0 Å². The fourth-order valence-electron chi connectivity index (χ4n) is 2.90. The first kappa shape index (κ1) is 6.66. The highest BCUT2D eigenvalue weighted by molar-refractivity contribution is 5.00. The van der Waals surface area contributed by atoms with Gasteiger partial charge in [0.1, 0.15) is 0 Å². The van der Waals surface area contributed by atoms with Crippen molar-refractivity contribution in [1.29, 1.82) is 0 Å². The number of rotatable bonds is 1. The van der Waals surface area contributed by atoms with E-state index in [1.54, 1.807) is 0 Å². The Morgan fingerprint density at radius 1 is 1.60 bits per heavy atom. The lowest BCUT2D eigenvalue weighted by molar-refractivity contribution is 0.0377. The predicted octanol–water partition coefficient (Wildman–Crippen LogP) is 1.95. The van der Waals surface area contributed by atoms with Crippen LogP contribution in [0, 0.1) is 11.3 Å². The molecule has 2 bridgehead atoms. The van der Waals surface area contributed by atoms with Gasteiger partial charge in [0.15, 0.2) is 0 Å². The summed E-state index contributed by atoms with van der Waals surface area (Å²) < 4.78 is 0. The lowest BCUT2D eigenvalue weighted by Crippen LogP contribution is -2.28. The van der Waals surface area contributed by atoms with E-state index in [1.165, 1.54) is 25.7 Å². The standard InChI is InChI=1S/C9H16O/c1-2-9-4-3-7(6-9)5-8(9)10/h7-8,10H,2-6H2,1H3/t7-,8-,9-/m1/s1. The molecule has 1 N–H and O–H groups in total. The van der Waals surface area contributed by atoms with Gasteiger partial charge in [0.2, 0.25) is 0 Å². The zero-order chi connectivity index (χ0) is 7.19. The van der Waals surface area contributed by atoms with Gasteiger partial charge in [0.05, 0.1) is 6.10 Å². The molecule has 2 aliphatic carbocycles. The van der Waals surface area contributed by atoms with Crippen molar-refractivity contribution in [1.82, 2.24) is 0 Å². The third-order valence-corrected chi connectivity index (χ3v) is 3.71. The number of fused-ring (bicyclic) bond motifs is 2. The van der Waals surface area contributed by atoms with Crippen LogP contribution < -0.4 is 0 Å². The van der Waals surface area contributed by atoms with Crippen LogP contribution >= 0.6 is 0 Å². The maximum Gasteiger partial charge on any atom is 0.0599 e. The van der Waals surface area contributed by atoms with E-state index in [0.29, 0.717) is 5.41 Å². The number of hydrogen-bond donors (Lipinski definition) is 1. The Labute approximate surface area is 62.4 Å². The molecule has 3 atom stereocenters. The van der Waals surface area contributed by atoms with Crippen molar-refractivity contribution in [2.24, 2.45) is 11.3 Å². The molecule has 0 aliphatic heterocycles. The van der Waals surface area contributed by atoms with E-state index in [1.807, 2.05) is 0 Å². The van der Waals surface area contributed by atoms with Gasteiger partial charge in [-0.15, -0.1) is 0 Å². The third kappa shape index (κ3) is 0.672. The molecule has 2 rings (SSSR count). The van der Waals surface area contributed by atoms with Gasteiger partial charge in [-0.1, -0.05) is 6.92 Å². The second kappa shape index (κ2) is 1.97. The summed E-state index contributed by atoms with van der Waals surface area (Å²) in [4.78, 5) is 0. The zero-order valence-corrected chi connectivity index (χ0v) is 6.64. The van der Waals surface area contributed by atoms with Gasteiger partial charge in [0.25, 0.3) is 0 Å².